The summed E-state index contributed by atoms with van der Waals surface area (Å²) in [4.78, 5) is 16.1. The van der Waals surface area contributed by atoms with Crippen LogP contribution in [0.15, 0.2) is 36.8 Å². The van der Waals surface area contributed by atoms with Crippen LogP contribution in [0.4, 0.5) is 5.82 Å². The van der Waals surface area contributed by atoms with Crippen molar-refractivity contribution in [1.29, 1.82) is 0 Å². The van der Waals surface area contributed by atoms with Crippen molar-refractivity contribution in [2.75, 3.05) is 18.0 Å². The third-order valence-corrected chi connectivity index (χ3v) is 6.16. The summed E-state index contributed by atoms with van der Waals surface area (Å²) in [5.74, 6) is 1.54. The zero-order valence-electron chi connectivity index (χ0n) is 14.0. The number of para-hydroxylation sites is 1. The molecule has 0 bridgehead atoms. The van der Waals surface area contributed by atoms with E-state index in [4.69, 9.17) is 4.98 Å². The second-order valence-corrected chi connectivity index (χ2v) is 7.55. The quantitative estimate of drug-likeness (QED) is 0.555. The van der Waals surface area contributed by atoms with Gasteiger partial charge in [0.25, 0.3) is 0 Å². The van der Waals surface area contributed by atoms with E-state index in [1.807, 2.05) is 24.6 Å². The lowest BCUT2D eigenvalue weighted by Gasteiger charge is -2.32. The summed E-state index contributed by atoms with van der Waals surface area (Å²) in [6, 6.07) is 8.40. The fraction of sp³-hybridized carbons (Fsp3) is 0.333. The third kappa shape index (κ3) is 2.46. The SMILES string of the molecule is Cn1ncc2c(N3CCC(c4nc5ccccc5s4)CC3)ncnc21. The molecule has 0 atom stereocenters. The van der Waals surface area contributed by atoms with Gasteiger partial charge in [-0.2, -0.15) is 5.10 Å². The highest BCUT2D eigenvalue weighted by Gasteiger charge is 2.25. The Labute approximate surface area is 149 Å². The summed E-state index contributed by atoms with van der Waals surface area (Å²) in [6.07, 6.45) is 5.71. The minimum absolute atomic E-state index is 0.542. The first-order valence-electron chi connectivity index (χ1n) is 8.53. The molecule has 1 saturated heterocycles. The van der Waals surface area contributed by atoms with Gasteiger partial charge in [0.2, 0.25) is 0 Å². The fourth-order valence-electron chi connectivity index (χ4n) is 3.60. The predicted molar refractivity (Wildman–Crippen MR) is 100 cm³/mol. The molecule has 0 aliphatic carbocycles. The van der Waals surface area contributed by atoms with Crippen LogP contribution < -0.4 is 4.90 Å². The molecule has 4 aromatic rings. The second-order valence-electron chi connectivity index (χ2n) is 6.48. The Balaban J connectivity index is 1.38. The van der Waals surface area contributed by atoms with Gasteiger partial charge < -0.3 is 4.90 Å². The van der Waals surface area contributed by atoms with Gasteiger partial charge in [-0.3, -0.25) is 4.68 Å². The number of fused-ring (bicyclic) bond motifs is 2. The first-order valence-corrected chi connectivity index (χ1v) is 9.34. The van der Waals surface area contributed by atoms with Crippen LogP contribution in [0, 0.1) is 0 Å². The molecular formula is C18H18N6S. The zero-order chi connectivity index (χ0) is 16.8. The van der Waals surface area contributed by atoms with E-state index in [1.165, 1.54) is 9.71 Å². The molecule has 0 amide bonds. The second kappa shape index (κ2) is 5.77. The van der Waals surface area contributed by atoms with Gasteiger partial charge in [-0.15, -0.1) is 11.3 Å². The molecule has 25 heavy (non-hydrogen) atoms. The maximum atomic E-state index is 4.85. The molecule has 0 N–H and O–H groups in total. The lowest BCUT2D eigenvalue weighted by atomic mass is 9.97. The summed E-state index contributed by atoms with van der Waals surface area (Å²) >= 11 is 1.84. The van der Waals surface area contributed by atoms with Gasteiger partial charge in [0.05, 0.1) is 26.8 Å². The van der Waals surface area contributed by atoms with Crippen LogP contribution in [0.3, 0.4) is 0 Å². The van der Waals surface area contributed by atoms with E-state index in [0.717, 1.165) is 48.3 Å². The molecule has 0 radical (unpaired) electrons. The highest BCUT2D eigenvalue weighted by atomic mass is 32.1. The van der Waals surface area contributed by atoms with Crippen molar-refractivity contribution in [2.24, 2.45) is 7.05 Å². The number of nitrogens with zero attached hydrogens (tertiary/aromatic N) is 6. The molecule has 1 aromatic carbocycles. The lowest BCUT2D eigenvalue weighted by molar-refractivity contribution is 0.502. The Morgan fingerprint density at radius 1 is 1.12 bits per heavy atom. The van der Waals surface area contributed by atoms with E-state index in [-0.39, 0.29) is 0 Å². The normalized spacial score (nSPS) is 16.1. The number of benzene rings is 1. The first-order chi connectivity index (χ1) is 12.3. The fourth-order valence-corrected chi connectivity index (χ4v) is 4.74. The number of aromatic nitrogens is 5. The van der Waals surface area contributed by atoms with Crippen LogP contribution in [0.1, 0.15) is 23.8 Å². The number of hydrogen-bond acceptors (Lipinski definition) is 6. The van der Waals surface area contributed by atoms with Gasteiger partial charge in [0.15, 0.2) is 5.65 Å². The zero-order valence-corrected chi connectivity index (χ0v) is 14.8. The average Bonchev–Trinajstić information content (AvgIpc) is 3.26. The Morgan fingerprint density at radius 2 is 1.96 bits per heavy atom. The van der Waals surface area contributed by atoms with E-state index in [9.17, 15) is 0 Å². The monoisotopic (exact) mass is 350 g/mol. The molecule has 1 fully saturated rings. The molecule has 1 aliphatic rings. The molecular weight excluding hydrogens is 332 g/mol. The molecule has 0 saturated carbocycles. The van der Waals surface area contributed by atoms with Gasteiger partial charge in [-0.25, -0.2) is 15.0 Å². The van der Waals surface area contributed by atoms with Gasteiger partial charge in [0, 0.05) is 26.1 Å². The Kier molecular flexibility index (Phi) is 3.41. The molecule has 3 aromatic heterocycles. The first kappa shape index (κ1) is 14.8. The largest absolute Gasteiger partial charge is 0.356 e. The highest BCUT2D eigenvalue weighted by molar-refractivity contribution is 7.18. The molecule has 0 spiro atoms. The van der Waals surface area contributed by atoms with Gasteiger partial charge in [0.1, 0.15) is 12.1 Å². The summed E-state index contributed by atoms with van der Waals surface area (Å²) in [5, 5.41) is 6.62. The standard InChI is InChI=1S/C18H18N6S/c1-23-16-13(10-21-23)17(20-11-19-16)24-8-6-12(7-9-24)18-22-14-4-2-3-5-15(14)25-18/h2-5,10-12H,6-9H2,1H3. The van der Waals surface area contributed by atoms with Crippen molar-refractivity contribution in [2.45, 2.75) is 18.8 Å². The van der Waals surface area contributed by atoms with Crippen LogP contribution in [0.2, 0.25) is 0 Å². The number of rotatable bonds is 2. The van der Waals surface area contributed by atoms with Crippen molar-refractivity contribution in [3.8, 4) is 0 Å². The number of thiazole rings is 1. The van der Waals surface area contributed by atoms with Crippen molar-refractivity contribution in [3.63, 3.8) is 0 Å². The van der Waals surface area contributed by atoms with E-state index >= 15 is 0 Å². The van der Waals surface area contributed by atoms with Crippen molar-refractivity contribution < 1.29 is 0 Å². The molecule has 7 heteroatoms. The summed E-state index contributed by atoms with van der Waals surface area (Å²) in [6.45, 7) is 1.98. The van der Waals surface area contributed by atoms with Crippen LogP contribution in [0.25, 0.3) is 21.3 Å². The van der Waals surface area contributed by atoms with E-state index < -0.39 is 0 Å². The lowest BCUT2D eigenvalue weighted by Crippen LogP contribution is -2.33. The van der Waals surface area contributed by atoms with Crippen molar-refractivity contribution in [3.05, 3.63) is 41.8 Å². The summed E-state index contributed by atoms with van der Waals surface area (Å²) in [5.41, 5.74) is 2.01. The maximum absolute atomic E-state index is 4.85. The van der Waals surface area contributed by atoms with E-state index in [2.05, 4.69) is 44.2 Å². The van der Waals surface area contributed by atoms with Gasteiger partial charge in [-0.05, 0) is 25.0 Å². The smallest absolute Gasteiger partial charge is 0.163 e. The number of hydrogen-bond donors (Lipinski definition) is 0. The highest BCUT2D eigenvalue weighted by Crippen LogP contribution is 2.35. The predicted octanol–water partition coefficient (Wildman–Crippen LogP) is 3.36. The van der Waals surface area contributed by atoms with Crippen molar-refractivity contribution >= 4 is 38.4 Å². The third-order valence-electron chi connectivity index (χ3n) is 4.96. The minimum atomic E-state index is 0.542. The van der Waals surface area contributed by atoms with Crippen LogP contribution in [-0.2, 0) is 7.05 Å². The number of anilines is 1. The molecule has 0 unspecified atom stereocenters. The van der Waals surface area contributed by atoms with E-state index in [1.54, 1.807) is 11.0 Å². The Morgan fingerprint density at radius 3 is 2.80 bits per heavy atom. The molecule has 126 valence electrons. The topological polar surface area (TPSA) is 59.7 Å². The average molecular weight is 350 g/mol. The maximum Gasteiger partial charge on any atom is 0.163 e. The summed E-state index contributed by atoms with van der Waals surface area (Å²) < 4.78 is 3.08. The summed E-state index contributed by atoms with van der Waals surface area (Å²) in [7, 11) is 1.92. The number of aryl methyl sites for hydroxylation is 1. The molecule has 1 aliphatic heterocycles. The van der Waals surface area contributed by atoms with Gasteiger partial charge >= 0.3 is 0 Å². The number of piperidine rings is 1. The molecule has 6 nitrogen and oxygen atoms in total. The van der Waals surface area contributed by atoms with Crippen LogP contribution >= 0.6 is 11.3 Å². The van der Waals surface area contributed by atoms with Crippen LogP contribution in [0.5, 0.6) is 0 Å². The van der Waals surface area contributed by atoms with Gasteiger partial charge in [-0.1, -0.05) is 12.1 Å². The molecule has 4 heterocycles. The molecule has 5 rings (SSSR count). The Hall–Kier alpha value is -2.54. The van der Waals surface area contributed by atoms with E-state index in [0.29, 0.717) is 5.92 Å². The Bertz CT molecular complexity index is 1010. The minimum Gasteiger partial charge on any atom is -0.356 e. The van der Waals surface area contributed by atoms with Crippen LogP contribution in [-0.4, -0.2) is 37.8 Å². The van der Waals surface area contributed by atoms with Crippen molar-refractivity contribution in [1.82, 2.24) is 24.7 Å².